The van der Waals surface area contributed by atoms with Gasteiger partial charge in [0.1, 0.15) is 0 Å². The monoisotopic (exact) mass is 404 g/mol. The van der Waals surface area contributed by atoms with Gasteiger partial charge in [0, 0.05) is 24.3 Å². The average Bonchev–Trinajstić information content (AvgIpc) is 2.73. The molecule has 1 atom stereocenters. The Bertz CT molecular complexity index is 878. The summed E-state index contributed by atoms with van der Waals surface area (Å²) in [5, 5.41) is 2.87. The normalized spacial score (nSPS) is 17.1. The number of carbonyl (C=O) groups excluding carboxylic acids is 2. The van der Waals surface area contributed by atoms with E-state index < -0.39 is 23.6 Å². The highest BCUT2D eigenvalue weighted by Gasteiger charge is 2.33. The molecule has 1 saturated heterocycles. The summed E-state index contributed by atoms with van der Waals surface area (Å²) in [6.07, 6.45) is -2.35. The molecule has 0 radical (unpaired) electrons. The van der Waals surface area contributed by atoms with Gasteiger partial charge in [-0.3, -0.25) is 9.59 Å². The van der Waals surface area contributed by atoms with E-state index in [4.69, 9.17) is 0 Å². The van der Waals surface area contributed by atoms with Crippen molar-refractivity contribution < 1.29 is 22.8 Å². The van der Waals surface area contributed by atoms with E-state index >= 15 is 0 Å². The minimum absolute atomic E-state index is 0.0176. The Kier molecular flexibility index (Phi) is 6.25. The topological polar surface area (TPSA) is 49.4 Å². The second-order valence-electron chi connectivity index (χ2n) is 7.21. The van der Waals surface area contributed by atoms with Crippen LogP contribution in [0, 0.1) is 5.92 Å². The first-order valence-electron chi connectivity index (χ1n) is 9.64. The summed E-state index contributed by atoms with van der Waals surface area (Å²) < 4.78 is 38.8. The number of nitrogens with zero attached hydrogens (tertiary/aromatic N) is 1. The van der Waals surface area contributed by atoms with Crippen molar-refractivity contribution in [3.05, 3.63) is 65.2 Å². The zero-order valence-electron chi connectivity index (χ0n) is 16.1. The van der Waals surface area contributed by atoms with Crippen LogP contribution in [0.4, 0.5) is 18.9 Å². The maximum absolute atomic E-state index is 12.9. The lowest BCUT2D eigenvalue weighted by molar-refractivity contribution is -0.137. The number of alkyl halides is 3. The Morgan fingerprint density at radius 1 is 1.14 bits per heavy atom. The molecule has 1 N–H and O–H groups in total. The van der Waals surface area contributed by atoms with E-state index in [0.29, 0.717) is 25.1 Å². The molecule has 0 saturated carbocycles. The molecule has 0 unspecified atom stereocenters. The van der Waals surface area contributed by atoms with Gasteiger partial charge in [-0.15, -0.1) is 0 Å². The number of carbonyl (C=O) groups is 2. The first-order valence-corrected chi connectivity index (χ1v) is 9.64. The third-order valence-corrected chi connectivity index (χ3v) is 5.15. The van der Waals surface area contributed by atoms with Gasteiger partial charge in [-0.2, -0.15) is 13.2 Å². The van der Waals surface area contributed by atoms with Gasteiger partial charge in [0.25, 0.3) is 5.91 Å². The molecule has 2 aromatic carbocycles. The molecule has 1 heterocycles. The third kappa shape index (κ3) is 5.16. The quantitative estimate of drug-likeness (QED) is 0.799. The van der Waals surface area contributed by atoms with E-state index in [0.717, 1.165) is 18.6 Å². The van der Waals surface area contributed by atoms with Crippen LogP contribution in [0.5, 0.6) is 0 Å². The van der Waals surface area contributed by atoms with Crippen molar-refractivity contribution in [3.8, 4) is 0 Å². The highest BCUT2D eigenvalue weighted by Crippen LogP contribution is 2.30. The van der Waals surface area contributed by atoms with Crippen molar-refractivity contribution in [3.63, 3.8) is 0 Å². The van der Waals surface area contributed by atoms with Crippen LogP contribution in [0.25, 0.3) is 0 Å². The number of halogens is 3. The summed E-state index contributed by atoms with van der Waals surface area (Å²) in [4.78, 5) is 26.8. The van der Waals surface area contributed by atoms with Crippen LogP contribution in [0.3, 0.4) is 0 Å². The van der Waals surface area contributed by atoms with Crippen LogP contribution < -0.4 is 5.32 Å². The molecule has 1 aliphatic heterocycles. The van der Waals surface area contributed by atoms with Gasteiger partial charge in [-0.25, -0.2) is 0 Å². The number of anilines is 1. The van der Waals surface area contributed by atoms with E-state index in [1.165, 1.54) is 22.6 Å². The highest BCUT2D eigenvalue weighted by molar-refractivity contribution is 5.96. The highest BCUT2D eigenvalue weighted by atomic mass is 19.4. The largest absolute Gasteiger partial charge is 0.416 e. The van der Waals surface area contributed by atoms with Crippen molar-refractivity contribution in [2.75, 3.05) is 18.4 Å². The number of nitrogens with one attached hydrogen (secondary N) is 1. The van der Waals surface area contributed by atoms with Crippen LogP contribution in [-0.4, -0.2) is 29.8 Å². The standard InChI is InChI=1S/C22H23F3N2O2/c1-2-15-8-10-19(11-9-15)26-20(28)17-6-4-12-27(14-17)21(29)16-5-3-7-18(13-16)22(23,24)25/h3,5,7-11,13,17H,2,4,6,12,14H2,1H3,(H,26,28)/t17-/m0/s1. The summed E-state index contributed by atoms with van der Waals surface area (Å²) in [6.45, 7) is 2.66. The number of piperidine rings is 1. The molecule has 1 fully saturated rings. The lowest BCUT2D eigenvalue weighted by Crippen LogP contribution is -2.43. The average molecular weight is 404 g/mol. The van der Waals surface area contributed by atoms with Gasteiger partial charge in [-0.05, 0) is 55.2 Å². The number of aryl methyl sites for hydroxylation is 1. The molecule has 29 heavy (non-hydrogen) atoms. The zero-order valence-corrected chi connectivity index (χ0v) is 16.1. The van der Waals surface area contributed by atoms with Crippen LogP contribution in [-0.2, 0) is 17.4 Å². The minimum Gasteiger partial charge on any atom is -0.338 e. The van der Waals surface area contributed by atoms with Crippen LogP contribution in [0.2, 0.25) is 0 Å². The van der Waals surface area contributed by atoms with Gasteiger partial charge < -0.3 is 10.2 Å². The number of rotatable bonds is 4. The predicted octanol–water partition coefficient (Wildman–Crippen LogP) is 4.76. The summed E-state index contributed by atoms with van der Waals surface area (Å²) in [6, 6.07) is 12.0. The molecule has 0 aromatic heterocycles. The fourth-order valence-electron chi connectivity index (χ4n) is 3.45. The van der Waals surface area contributed by atoms with Gasteiger partial charge in [0.05, 0.1) is 11.5 Å². The lowest BCUT2D eigenvalue weighted by Gasteiger charge is -2.32. The minimum atomic E-state index is -4.51. The third-order valence-electron chi connectivity index (χ3n) is 5.15. The van der Waals surface area contributed by atoms with Crippen molar-refractivity contribution in [2.45, 2.75) is 32.4 Å². The van der Waals surface area contributed by atoms with E-state index in [1.54, 1.807) is 0 Å². The molecule has 154 valence electrons. The van der Waals surface area contributed by atoms with Gasteiger partial charge in [0.2, 0.25) is 5.91 Å². The van der Waals surface area contributed by atoms with Crippen molar-refractivity contribution in [1.82, 2.24) is 4.90 Å². The molecular weight excluding hydrogens is 381 g/mol. The van der Waals surface area contributed by atoms with Crippen molar-refractivity contribution in [1.29, 1.82) is 0 Å². The summed E-state index contributed by atoms with van der Waals surface area (Å²) in [5.41, 5.74) is 0.980. The summed E-state index contributed by atoms with van der Waals surface area (Å²) >= 11 is 0. The Hall–Kier alpha value is -2.83. The van der Waals surface area contributed by atoms with Gasteiger partial charge in [-0.1, -0.05) is 25.1 Å². The fourth-order valence-corrected chi connectivity index (χ4v) is 3.45. The molecule has 2 aromatic rings. The molecule has 0 aliphatic carbocycles. The second kappa shape index (κ2) is 8.68. The number of hydrogen-bond donors (Lipinski definition) is 1. The smallest absolute Gasteiger partial charge is 0.338 e. The van der Waals surface area contributed by atoms with Gasteiger partial charge >= 0.3 is 6.18 Å². The molecule has 3 rings (SSSR count). The zero-order chi connectivity index (χ0) is 21.0. The SMILES string of the molecule is CCc1ccc(NC(=O)[C@H]2CCCN(C(=O)c3cccc(C(F)(F)F)c3)C2)cc1. The van der Waals surface area contributed by atoms with Crippen molar-refractivity contribution >= 4 is 17.5 Å². The Labute approximate surface area is 167 Å². The Balaban J connectivity index is 1.66. The number of benzene rings is 2. The van der Waals surface area contributed by atoms with Crippen molar-refractivity contribution in [2.24, 2.45) is 5.92 Å². The maximum atomic E-state index is 12.9. The molecule has 0 spiro atoms. The first kappa shape index (κ1) is 20.9. The predicted molar refractivity (Wildman–Crippen MR) is 105 cm³/mol. The van der Waals surface area contributed by atoms with Gasteiger partial charge in [0.15, 0.2) is 0 Å². The summed E-state index contributed by atoms with van der Waals surface area (Å²) in [7, 11) is 0. The first-order chi connectivity index (χ1) is 13.8. The lowest BCUT2D eigenvalue weighted by atomic mass is 9.96. The maximum Gasteiger partial charge on any atom is 0.416 e. The molecule has 1 aliphatic rings. The summed E-state index contributed by atoms with van der Waals surface area (Å²) in [5.74, 6) is -1.07. The van der Waals surface area contributed by atoms with Crippen LogP contribution >= 0.6 is 0 Å². The van der Waals surface area contributed by atoms with E-state index in [2.05, 4.69) is 5.32 Å². The molecule has 0 bridgehead atoms. The van der Waals surface area contributed by atoms with Crippen LogP contribution in [0.1, 0.15) is 41.3 Å². The van der Waals surface area contributed by atoms with Crippen LogP contribution in [0.15, 0.2) is 48.5 Å². The molecule has 7 heteroatoms. The fraction of sp³-hybridized carbons (Fsp3) is 0.364. The van der Waals surface area contributed by atoms with E-state index in [-0.39, 0.29) is 18.0 Å². The van der Waals surface area contributed by atoms with E-state index in [1.807, 2.05) is 31.2 Å². The Morgan fingerprint density at radius 3 is 2.52 bits per heavy atom. The van der Waals surface area contributed by atoms with E-state index in [9.17, 15) is 22.8 Å². The number of amides is 2. The number of hydrogen-bond acceptors (Lipinski definition) is 2. The molecular formula is C22H23F3N2O2. The number of likely N-dealkylation sites (tertiary alicyclic amines) is 1. The Morgan fingerprint density at radius 2 is 1.86 bits per heavy atom. The molecule has 4 nitrogen and oxygen atoms in total. The second-order valence-corrected chi connectivity index (χ2v) is 7.21. The molecule has 2 amide bonds.